The Labute approximate surface area is 159 Å². The Morgan fingerprint density at radius 3 is 2.43 bits per heavy atom. The number of methoxy groups -OCH3 is 1. The molecule has 1 aliphatic heterocycles. The number of nitrogens with one attached hydrogen (secondary N) is 3. The molecule has 28 heavy (non-hydrogen) atoms. The van der Waals surface area contributed by atoms with Crippen LogP contribution >= 0.6 is 0 Å². The van der Waals surface area contributed by atoms with Gasteiger partial charge in [0.25, 0.3) is 0 Å². The number of benzene rings is 2. The SMILES string of the molecule is COc1cc(F)c(C2CNC(=O)C2NC(=O)Nc2ccc(C)cc2F)c(F)c1. The standard InChI is InChI=1S/C19H18F3N3O3/c1-9-3-4-15(12(20)5-9)24-19(27)25-17-11(8-23-18(17)26)16-13(21)6-10(28-2)7-14(16)22/h3-7,11,17H,8H2,1-2H3,(H,23,26)(H2,24,25,27). The van der Waals surface area contributed by atoms with E-state index in [4.69, 9.17) is 4.74 Å². The fourth-order valence-electron chi connectivity index (χ4n) is 3.11. The zero-order valence-electron chi connectivity index (χ0n) is 15.1. The van der Waals surface area contributed by atoms with Gasteiger partial charge in [-0.25, -0.2) is 18.0 Å². The Balaban J connectivity index is 1.80. The van der Waals surface area contributed by atoms with Gasteiger partial charge in [0, 0.05) is 30.2 Å². The number of carbonyl (C=O) groups is 2. The van der Waals surface area contributed by atoms with Crippen LogP contribution in [0.15, 0.2) is 30.3 Å². The van der Waals surface area contributed by atoms with E-state index in [2.05, 4.69) is 16.0 Å². The molecule has 2 unspecified atom stereocenters. The maximum Gasteiger partial charge on any atom is 0.319 e. The molecule has 0 bridgehead atoms. The van der Waals surface area contributed by atoms with Crippen LogP contribution in [-0.4, -0.2) is 31.6 Å². The zero-order valence-corrected chi connectivity index (χ0v) is 15.1. The highest BCUT2D eigenvalue weighted by molar-refractivity contribution is 5.95. The third-order valence-electron chi connectivity index (χ3n) is 4.50. The quantitative estimate of drug-likeness (QED) is 0.748. The first kappa shape index (κ1) is 19.5. The van der Waals surface area contributed by atoms with Crippen molar-refractivity contribution in [1.82, 2.24) is 10.6 Å². The molecule has 3 amide bonds. The van der Waals surface area contributed by atoms with Crippen LogP contribution in [0.2, 0.25) is 0 Å². The van der Waals surface area contributed by atoms with E-state index in [-0.39, 0.29) is 23.5 Å². The van der Waals surface area contributed by atoms with E-state index in [9.17, 15) is 22.8 Å². The molecule has 1 aliphatic rings. The van der Waals surface area contributed by atoms with E-state index in [0.717, 1.165) is 12.1 Å². The first-order valence-corrected chi connectivity index (χ1v) is 8.44. The van der Waals surface area contributed by atoms with Crippen LogP contribution in [-0.2, 0) is 4.79 Å². The van der Waals surface area contributed by atoms with E-state index in [1.165, 1.54) is 19.2 Å². The molecule has 3 rings (SSSR count). The van der Waals surface area contributed by atoms with Crippen molar-refractivity contribution in [3.8, 4) is 5.75 Å². The smallest absolute Gasteiger partial charge is 0.319 e. The van der Waals surface area contributed by atoms with Crippen molar-refractivity contribution < 1.29 is 27.5 Å². The molecule has 1 heterocycles. The lowest BCUT2D eigenvalue weighted by Gasteiger charge is -2.20. The number of aryl methyl sites for hydroxylation is 1. The minimum atomic E-state index is -1.23. The lowest BCUT2D eigenvalue weighted by Crippen LogP contribution is -2.45. The average molecular weight is 393 g/mol. The number of amides is 3. The van der Waals surface area contributed by atoms with E-state index in [1.54, 1.807) is 13.0 Å². The molecule has 148 valence electrons. The molecule has 1 fully saturated rings. The van der Waals surface area contributed by atoms with Gasteiger partial charge in [-0.05, 0) is 24.6 Å². The zero-order chi connectivity index (χ0) is 20.4. The summed E-state index contributed by atoms with van der Waals surface area (Å²) in [4.78, 5) is 24.3. The summed E-state index contributed by atoms with van der Waals surface area (Å²) in [5.41, 5.74) is 0.245. The van der Waals surface area contributed by atoms with Crippen LogP contribution in [0, 0.1) is 24.4 Å². The fourth-order valence-corrected chi connectivity index (χ4v) is 3.11. The molecule has 2 atom stereocenters. The maximum atomic E-state index is 14.4. The second-order valence-corrected chi connectivity index (χ2v) is 6.42. The van der Waals surface area contributed by atoms with Crippen LogP contribution in [0.3, 0.4) is 0 Å². The first-order chi connectivity index (χ1) is 13.3. The summed E-state index contributed by atoms with van der Waals surface area (Å²) in [5, 5.41) is 7.12. The molecule has 1 saturated heterocycles. The third-order valence-corrected chi connectivity index (χ3v) is 4.50. The van der Waals surface area contributed by atoms with Crippen molar-refractivity contribution in [2.45, 2.75) is 18.9 Å². The van der Waals surface area contributed by atoms with Gasteiger partial charge >= 0.3 is 6.03 Å². The van der Waals surface area contributed by atoms with E-state index in [1.807, 2.05) is 0 Å². The summed E-state index contributed by atoms with van der Waals surface area (Å²) < 4.78 is 47.5. The molecule has 3 N–H and O–H groups in total. The number of carbonyl (C=O) groups excluding carboxylic acids is 2. The second-order valence-electron chi connectivity index (χ2n) is 6.42. The van der Waals surface area contributed by atoms with Crippen molar-refractivity contribution in [3.05, 3.63) is 58.9 Å². The van der Waals surface area contributed by atoms with Gasteiger partial charge in [-0.15, -0.1) is 0 Å². The predicted molar refractivity (Wildman–Crippen MR) is 95.7 cm³/mol. The van der Waals surface area contributed by atoms with Crippen molar-refractivity contribution in [2.24, 2.45) is 0 Å². The Kier molecular flexibility index (Phi) is 5.43. The second kappa shape index (κ2) is 7.79. The van der Waals surface area contributed by atoms with Crippen LogP contribution in [0.1, 0.15) is 17.0 Å². The molecule has 2 aromatic rings. The van der Waals surface area contributed by atoms with Crippen LogP contribution < -0.4 is 20.7 Å². The topological polar surface area (TPSA) is 79.5 Å². The van der Waals surface area contributed by atoms with Gasteiger partial charge in [-0.3, -0.25) is 4.79 Å². The summed E-state index contributed by atoms with van der Waals surface area (Å²) in [5.74, 6) is -4.01. The molecule has 0 aromatic heterocycles. The molecule has 9 heteroatoms. The maximum absolute atomic E-state index is 14.4. The monoisotopic (exact) mass is 393 g/mol. The number of hydrogen-bond donors (Lipinski definition) is 3. The van der Waals surface area contributed by atoms with Crippen molar-refractivity contribution >= 4 is 17.6 Å². The molecular formula is C19H18F3N3O3. The summed E-state index contributed by atoms with van der Waals surface area (Å²) in [6.07, 6.45) is 0. The molecule has 2 aromatic carbocycles. The number of ether oxygens (including phenoxy) is 1. The summed E-state index contributed by atoms with van der Waals surface area (Å²) in [7, 11) is 1.27. The number of halogens is 3. The highest BCUT2D eigenvalue weighted by Gasteiger charge is 2.40. The minimum absolute atomic E-state index is 0.00636. The molecule has 0 saturated carbocycles. The molecule has 0 radical (unpaired) electrons. The van der Waals surface area contributed by atoms with Crippen LogP contribution in [0.25, 0.3) is 0 Å². The van der Waals surface area contributed by atoms with Crippen LogP contribution in [0.5, 0.6) is 5.75 Å². The Morgan fingerprint density at radius 1 is 1.14 bits per heavy atom. The van der Waals surface area contributed by atoms with Crippen molar-refractivity contribution in [1.29, 1.82) is 0 Å². The highest BCUT2D eigenvalue weighted by Crippen LogP contribution is 2.31. The number of anilines is 1. The molecular weight excluding hydrogens is 375 g/mol. The fraction of sp³-hybridized carbons (Fsp3) is 0.263. The van der Waals surface area contributed by atoms with E-state index in [0.29, 0.717) is 5.56 Å². The lowest BCUT2D eigenvalue weighted by molar-refractivity contribution is -0.120. The largest absolute Gasteiger partial charge is 0.497 e. The summed E-state index contributed by atoms with van der Waals surface area (Å²) >= 11 is 0. The van der Waals surface area contributed by atoms with Gasteiger partial charge in [0.2, 0.25) is 5.91 Å². The normalized spacial score (nSPS) is 18.5. The van der Waals surface area contributed by atoms with Gasteiger partial charge in [0.15, 0.2) is 0 Å². The van der Waals surface area contributed by atoms with Gasteiger partial charge in [0.05, 0.1) is 12.8 Å². The van der Waals surface area contributed by atoms with Gasteiger partial charge in [-0.1, -0.05) is 6.07 Å². The van der Waals surface area contributed by atoms with Gasteiger partial charge in [-0.2, -0.15) is 0 Å². The molecule has 6 nitrogen and oxygen atoms in total. The predicted octanol–water partition coefficient (Wildman–Crippen LogP) is 2.82. The minimum Gasteiger partial charge on any atom is -0.497 e. The lowest BCUT2D eigenvalue weighted by atomic mass is 9.93. The summed E-state index contributed by atoms with van der Waals surface area (Å²) in [6, 6.07) is 4.11. The highest BCUT2D eigenvalue weighted by atomic mass is 19.1. The third kappa shape index (κ3) is 3.88. The first-order valence-electron chi connectivity index (χ1n) is 8.44. The average Bonchev–Trinajstić information content (AvgIpc) is 2.97. The Morgan fingerprint density at radius 2 is 1.82 bits per heavy atom. The summed E-state index contributed by atoms with van der Waals surface area (Å²) in [6.45, 7) is 1.63. The molecule has 0 spiro atoms. The van der Waals surface area contributed by atoms with Crippen molar-refractivity contribution in [3.63, 3.8) is 0 Å². The van der Waals surface area contributed by atoms with Crippen LogP contribution in [0.4, 0.5) is 23.7 Å². The number of hydrogen-bond acceptors (Lipinski definition) is 3. The van der Waals surface area contributed by atoms with Gasteiger partial charge in [0.1, 0.15) is 29.2 Å². The molecule has 0 aliphatic carbocycles. The van der Waals surface area contributed by atoms with E-state index >= 15 is 0 Å². The van der Waals surface area contributed by atoms with Crippen molar-refractivity contribution in [2.75, 3.05) is 19.0 Å². The Bertz CT molecular complexity index is 913. The Hall–Kier alpha value is -3.23. The van der Waals surface area contributed by atoms with E-state index < -0.39 is 41.3 Å². The number of rotatable bonds is 4. The number of urea groups is 1. The van der Waals surface area contributed by atoms with Gasteiger partial charge < -0.3 is 20.7 Å².